The highest BCUT2D eigenvalue weighted by Crippen LogP contribution is 2.34. The minimum atomic E-state index is 0.364. The summed E-state index contributed by atoms with van der Waals surface area (Å²) in [5.41, 5.74) is 0. The van der Waals surface area contributed by atoms with Gasteiger partial charge in [-0.3, -0.25) is 0 Å². The predicted octanol–water partition coefficient (Wildman–Crippen LogP) is 2.72. The molecule has 6 nitrogen and oxygen atoms in total. The number of methoxy groups -OCH3 is 2. The lowest BCUT2D eigenvalue weighted by atomic mass is 10.3. The summed E-state index contributed by atoms with van der Waals surface area (Å²) >= 11 is 0. The first-order valence-corrected chi connectivity index (χ1v) is 6.23. The van der Waals surface area contributed by atoms with Crippen LogP contribution in [0.5, 0.6) is 23.1 Å². The highest BCUT2D eigenvalue weighted by molar-refractivity contribution is 5.55. The molecular formula is C14H17N3O3. The first-order valence-electron chi connectivity index (χ1n) is 6.23. The lowest BCUT2D eigenvalue weighted by Gasteiger charge is -2.12. The Balaban J connectivity index is 2.25. The molecule has 2 rings (SSSR count). The van der Waals surface area contributed by atoms with Crippen LogP contribution in [0.2, 0.25) is 0 Å². The van der Waals surface area contributed by atoms with Crippen molar-refractivity contribution in [2.24, 2.45) is 0 Å². The van der Waals surface area contributed by atoms with Gasteiger partial charge in [0.15, 0.2) is 5.82 Å². The van der Waals surface area contributed by atoms with E-state index in [0.717, 1.165) is 12.3 Å². The molecule has 106 valence electrons. The van der Waals surface area contributed by atoms with Crippen LogP contribution in [0.25, 0.3) is 0 Å². The number of aromatic nitrogens is 2. The predicted molar refractivity (Wildman–Crippen MR) is 75.8 cm³/mol. The van der Waals surface area contributed by atoms with Crippen molar-refractivity contribution in [1.82, 2.24) is 9.97 Å². The molecular weight excluding hydrogens is 258 g/mol. The first kappa shape index (κ1) is 13.9. The van der Waals surface area contributed by atoms with Crippen molar-refractivity contribution in [2.45, 2.75) is 6.92 Å². The fraction of sp³-hybridized carbons (Fsp3) is 0.286. The third-order valence-electron chi connectivity index (χ3n) is 2.59. The molecule has 1 N–H and O–H groups in total. The minimum Gasteiger partial charge on any atom is -0.497 e. The number of anilines is 1. The zero-order valence-electron chi connectivity index (χ0n) is 11.7. The Hall–Kier alpha value is -2.50. The molecule has 20 heavy (non-hydrogen) atoms. The van der Waals surface area contributed by atoms with Crippen LogP contribution in [0.1, 0.15) is 6.92 Å². The van der Waals surface area contributed by atoms with Crippen molar-refractivity contribution in [3.8, 4) is 23.1 Å². The van der Waals surface area contributed by atoms with Crippen LogP contribution >= 0.6 is 0 Å². The second-order valence-electron chi connectivity index (χ2n) is 3.87. The van der Waals surface area contributed by atoms with Gasteiger partial charge in [0.1, 0.15) is 17.8 Å². The smallest absolute Gasteiger partial charge is 0.268 e. The van der Waals surface area contributed by atoms with E-state index in [4.69, 9.17) is 14.2 Å². The van der Waals surface area contributed by atoms with Crippen molar-refractivity contribution < 1.29 is 14.2 Å². The van der Waals surface area contributed by atoms with Gasteiger partial charge in [-0.05, 0) is 31.2 Å². The van der Waals surface area contributed by atoms with Crippen LogP contribution < -0.4 is 19.5 Å². The molecule has 0 unspecified atom stereocenters. The van der Waals surface area contributed by atoms with Gasteiger partial charge in [-0.15, -0.1) is 0 Å². The number of hydrogen-bond acceptors (Lipinski definition) is 6. The Bertz CT molecular complexity index is 558. The topological polar surface area (TPSA) is 65.5 Å². The molecule has 0 radical (unpaired) electrons. The summed E-state index contributed by atoms with van der Waals surface area (Å²) in [6, 6.07) is 7.23. The molecule has 6 heteroatoms. The lowest BCUT2D eigenvalue weighted by molar-refractivity contribution is 0.368. The molecule has 0 saturated heterocycles. The van der Waals surface area contributed by atoms with Gasteiger partial charge in [0.05, 0.1) is 14.2 Å². The average molecular weight is 275 g/mol. The third kappa shape index (κ3) is 3.09. The molecule has 0 saturated carbocycles. The van der Waals surface area contributed by atoms with E-state index in [9.17, 15) is 0 Å². The van der Waals surface area contributed by atoms with Crippen molar-refractivity contribution in [3.63, 3.8) is 0 Å². The summed E-state index contributed by atoms with van der Waals surface area (Å²) < 4.78 is 16.1. The summed E-state index contributed by atoms with van der Waals surface area (Å²) in [5, 5.41) is 3.10. The fourth-order valence-corrected chi connectivity index (χ4v) is 1.66. The van der Waals surface area contributed by atoms with Gasteiger partial charge in [0.25, 0.3) is 5.88 Å². The molecule has 1 heterocycles. The van der Waals surface area contributed by atoms with Crippen LogP contribution in [0.4, 0.5) is 5.82 Å². The number of nitrogens with one attached hydrogen (secondary N) is 1. The molecule has 0 aliphatic heterocycles. The SMILES string of the molecule is CCNc1ncnc(Oc2ccc(OC)cc2)c1OC. The Labute approximate surface area is 117 Å². The van der Waals surface area contributed by atoms with Gasteiger partial charge in [-0.2, -0.15) is 4.98 Å². The third-order valence-corrected chi connectivity index (χ3v) is 2.59. The van der Waals surface area contributed by atoms with Crippen molar-refractivity contribution in [3.05, 3.63) is 30.6 Å². The molecule has 0 fully saturated rings. The normalized spacial score (nSPS) is 9.95. The van der Waals surface area contributed by atoms with E-state index in [2.05, 4.69) is 15.3 Å². The molecule has 0 spiro atoms. The molecule has 0 aliphatic carbocycles. The summed E-state index contributed by atoms with van der Waals surface area (Å²) in [6.07, 6.45) is 1.43. The van der Waals surface area contributed by atoms with E-state index < -0.39 is 0 Å². The fourth-order valence-electron chi connectivity index (χ4n) is 1.66. The highest BCUT2D eigenvalue weighted by atomic mass is 16.5. The quantitative estimate of drug-likeness (QED) is 0.874. The van der Waals surface area contributed by atoms with E-state index in [1.807, 2.05) is 19.1 Å². The van der Waals surface area contributed by atoms with Gasteiger partial charge in [-0.25, -0.2) is 4.98 Å². The number of hydrogen-bond donors (Lipinski definition) is 1. The number of ether oxygens (including phenoxy) is 3. The largest absolute Gasteiger partial charge is 0.497 e. The van der Waals surface area contributed by atoms with Crippen LogP contribution in [0.15, 0.2) is 30.6 Å². The maximum atomic E-state index is 5.72. The van der Waals surface area contributed by atoms with Crippen molar-refractivity contribution in [1.29, 1.82) is 0 Å². The second kappa shape index (κ2) is 6.60. The lowest BCUT2D eigenvalue weighted by Crippen LogP contribution is -2.04. The van der Waals surface area contributed by atoms with Crippen molar-refractivity contribution in [2.75, 3.05) is 26.1 Å². The average Bonchev–Trinajstić information content (AvgIpc) is 2.49. The van der Waals surface area contributed by atoms with E-state index in [1.165, 1.54) is 6.33 Å². The van der Waals surface area contributed by atoms with E-state index in [0.29, 0.717) is 23.2 Å². The molecule has 0 bridgehead atoms. The maximum absolute atomic E-state index is 5.72. The number of benzene rings is 1. The number of rotatable bonds is 6. The molecule has 0 amide bonds. The van der Waals surface area contributed by atoms with Gasteiger partial charge < -0.3 is 19.5 Å². The first-order chi connectivity index (χ1) is 9.78. The van der Waals surface area contributed by atoms with Crippen LogP contribution in [-0.4, -0.2) is 30.7 Å². The van der Waals surface area contributed by atoms with Gasteiger partial charge in [-0.1, -0.05) is 0 Å². The van der Waals surface area contributed by atoms with Gasteiger partial charge in [0, 0.05) is 6.54 Å². The van der Waals surface area contributed by atoms with E-state index in [-0.39, 0.29) is 0 Å². The zero-order chi connectivity index (χ0) is 14.4. The zero-order valence-corrected chi connectivity index (χ0v) is 11.7. The van der Waals surface area contributed by atoms with Gasteiger partial charge in [0.2, 0.25) is 5.75 Å². The summed E-state index contributed by atoms with van der Waals surface area (Å²) in [5.74, 6) is 2.85. The van der Waals surface area contributed by atoms with Crippen LogP contribution in [0.3, 0.4) is 0 Å². The standard InChI is InChI=1S/C14H17N3O3/c1-4-15-13-12(19-3)14(17-9-16-13)20-11-7-5-10(18-2)6-8-11/h5-9H,4H2,1-3H3,(H,15,16,17). The van der Waals surface area contributed by atoms with Gasteiger partial charge >= 0.3 is 0 Å². The van der Waals surface area contributed by atoms with Crippen molar-refractivity contribution >= 4 is 5.82 Å². The van der Waals surface area contributed by atoms with E-state index in [1.54, 1.807) is 26.4 Å². The Morgan fingerprint density at radius 3 is 2.30 bits per heavy atom. The molecule has 1 aromatic heterocycles. The second-order valence-corrected chi connectivity index (χ2v) is 3.87. The number of nitrogens with zero attached hydrogens (tertiary/aromatic N) is 2. The molecule has 0 aliphatic rings. The molecule has 2 aromatic rings. The van der Waals surface area contributed by atoms with Crippen LogP contribution in [-0.2, 0) is 0 Å². The van der Waals surface area contributed by atoms with E-state index >= 15 is 0 Å². The Kier molecular flexibility index (Phi) is 4.60. The molecule has 1 aromatic carbocycles. The minimum absolute atomic E-state index is 0.364. The molecule has 0 atom stereocenters. The van der Waals surface area contributed by atoms with Crippen LogP contribution in [0, 0.1) is 0 Å². The monoisotopic (exact) mass is 275 g/mol. The summed E-state index contributed by atoms with van der Waals surface area (Å²) in [4.78, 5) is 8.22. The summed E-state index contributed by atoms with van der Waals surface area (Å²) in [7, 11) is 3.17. The Morgan fingerprint density at radius 2 is 1.70 bits per heavy atom. The highest BCUT2D eigenvalue weighted by Gasteiger charge is 2.13. The maximum Gasteiger partial charge on any atom is 0.268 e. The Morgan fingerprint density at radius 1 is 1.00 bits per heavy atom. The summed E-state index contributed by atoms with van der Waals surface area (Å²) in [6.45, 7) is 2.71.